The molecule has 4 heteroatoms. The highest BCUT2D eigenvalue weighted by atomic mass is 35.9. The van der Waals surface area contributed by atoms with E-state index >= 15 is 0 Å². The number of benzene rings is 1. The zero-order valence-electron chi connectivity index (χ0n) is 6.84. The van der Waals surface area contributed by atoms with E-state index in [2.05, 4.69) is 0 Å². The molecule has 0 aliphatic heterocycles. The Labute approximate surface area is 81.6 Å². The number of aryl methyl sites for hydroxylation is 2. The standard InChI is InChI=1S/C8H9Cl2OP/c1-6-3-4-8(7(2)5-6)12(9,10)11/h3-5H,1-2H3. The van der Waals surface area contributed by atoms with E-state index in [0.717, 1.165) is 11.1 Å². The van der Waals surface area contributed by atoms with Crippen LogP contribution in [0, 0.1) is 13.8 Å². The number of rotatable bonds is 1. The molecule has 0 aliphatic rings. The summed E-state index contributed by atoms with van der Waals surface area (Å²) in [6.07, 6.45) is 0. The van der Waals surface area contributed by atoms with E-state index in [4.69, 9.17) is 22.5 Å². The first-order valence-electron chi connectivity index (χ1n) is 3.48. The quantitative estimate of drug-likeness (QED) is 0.664. The Morgan fingerprint density at radius 3 is 2.25 bits per heavy atom. The molecule has 0 saturated carbocycles. The van der Waals surface area contributed by atoms with E-state index in [1.54, 1.807) is 6.07 Å². The van der Waals surface area contributed by atoms with Gasteiger partial charge in [0.25, 0.3) is 5.85 Å². The SMILES string of the molecule is Cc1ccc(P(=O)(Cl)Cl)c(C)c1. The van der Waals surface area contributed by atoms with Gasteiger partial charge in [-0.3, -0.25) is 4.57 Å². The van der Waals surface area contributed by atoms with Crippen molar-refractivity contribution in [2.75, 3.05) is 0 Å². The van der Waals surface area contributed by atoms with Gasteiger partial charge in [-0.1, -0.05) is 17.7 Å². The summed E-state index contributed by atoms with van der Waals surface area (Å²) in [6, 6.07) is 5.47. The lowest BCUT2D eigenvalue weighted by Crippen LogP contribution is -2.02. The number of hydrogen-bond donors (Lipinski definition) is 0. The number of halogens is 2. The van der Waals surface area contributed by atoms with Crippen molar-refractivity contribution >= 4 is 33.6 Å². The lowest BCUT2D eigenvalue weighted by atomic mass is 10.2. The smallest absolute Gasteiger partial charge is 0.282 e. The molecule has 66 valence electrons. The van der Waals surface area contributed by atoms with Crippen LogP contribution in [0.3, 0.4) is 0 Å². The third-order valence-electron chi connectivity index (χ3n) is 1.63. The summed E-state index contributed by atoms with van der Waals surface area (Å²) in [6.45, 7) is 3.81. The van der Waals surface area contributed by atoms with Gasteiger partial charge in [0.2, 0.25) is 0 Å². The third-order valence-corrected chi connectivity index (χ3v) is 3.79. The van der Waals surface area contributed by atoms with Crippen molar-refractivity contribution in [2.24, 2.45) is 0 Å². The van der Waals surface area contributed by atoms with Crippen molar-refractivity contribution in [1.29, 1.82) is 0 Å². The van der Waals surface area contributed by atoms with Gasteiger partial charge in [0.05, 0.1) is 0 Å². The van der Waals surface area contributed by atoms with Gasteiger partial charge >= 0.3 is 0 Å². The summed E-state index contributed by atoms with van der Waals surface area (Å²) in [7, 11) is 0. The maximum atomic E-state index is 11.3. The average molecular weight is 223 g/mol. The highest BCUT2D eigenvalue weighted by molar-refractivity contribution is 8.13. The number of hydrogen-bond acceptors (Lipinski definition) is 1. The largest absolute Gasteiger partial charge is 0.284 e. The normalized spacial score (nSPS) is 11.7. The van der Waals surface area contributed by atoms with Gasteiger partial charge < -0.3 is 0 Å². The maximum Gasteiger partial charge on any atom is 0.282 e. The topological polar surface area (TPSA) is 17.1 Å². The minimum Gasteiger partial charge on any atom is -0.284 e. The highest BCUT2D eigenvalue weighted by Gasteiger charge is 2.19. The lowest BCUT2D eigenvalue weighted by molar-refractivity contribution is 0.597. The first-order chi connectivity index (χ1) is 5.41. The summed E-state index contributed by atoms with van der Waals surface area (Å²) in [5.41, 5.74) is 1.99. The fourth-order valence-electron chi connectivity index (χ4n) is 1.10. The van der Waals surface area contributed by atoms with Gasteiger partial charge in [0.15, 0.2) is 0 Å². The van der Waals surface area contributed by atoms with Gasteiger partial charge in [0, 0.05) is 5.30 Å². The molecule has 0 atom stereocenters. The maximum absolute atomic E-state index is 11.3. The van der Waals surface area contributed by atoms with Crippen molar-refractivity contribution in [3.63, 3.8) is 0 Å². The summed E-state index contributed by atoms with van der Waals surface area (Å²) in [5.74, 6) is -3.13. The summed E-state index contributed by atoms with van der Waals surface area (Å²) in [4.78, 5) is 0. The Morgan fingerprint density at radius 1 is 1.25 bits per heavy atom. The minimum absolute atomic E-state index is 0.538. The molecular formula is C8H9Cl2OP. The zero-order valence-corrected chi connectivity index (χ0v) is 9.25. The van der Waals surface area contributed by atoms with Crippen LogP contribution in [0.15, 0.2) is 18.2 Å². The van der Waals surface area contributed by atoms with Gasteiger partial charge in [0.1, 0.15) is 0 Å². The van der Waals surface area contributed by atoms with Gasteiger partial charge in [-0.25, -0.2) is 0 Å². The van der Waals surface area contributed by atoms with E-state index in [0.29, 0.717) is 5.30 Å². The molecule has 0 aromatic heterocycles. The van der Waals surface area contributed by atoms with Crippen molar-refractivity contribution in [2.45, 2.75) is 13.8 Å². The predicted octanol–water partition coefficient (Wildman–Crippen LogP) is 3.60. The molecule has 1 aromatic rings. The van der Waals surface area contributed by atoms with Crippen molar-refractivity contribution in [3.8, 4) is 0 Å². The zero-order chi connectivity index (χ0) is 9.35. The lowest BCUT2D eigenvalue weighted by Gasteiger charge is -2.06. The van der Waals surface area contributed by atoms with Crippen molar-refractivity contribution in [1.82, 2.24) is 0 Å². The molecule has 1 rings (SSSR count). The van der Waals surface area contributed by atoms with Crippen LogP contribution in [0.2, 0.25) is 0 Å². The van der Waals surface area contributed by atoms with E-state index < -0.39 is 5.85 Å². The van der Waals surface area contributed by atoms with Crippen molar-refractivity contribution in [3.05, 3.63) is 29.3 Å². The van der Waals surface area contributed by atoms with Crippen LogP contribution < -0.4 is 5.30 Å². The Hall–Kier alpha value is 0.0300. The van der Waals surface area contributed by atoms with Gasteiger partial charge in [-0.05, 0) is 48.0 Å². The van der Waals surface area contributed by atoms with Crippen LogP contribution in [0.1, 0.15) is 11.1 Å². The molecule has 0 fully saturated rings. The minimum atomic E-state index is -3.13. The summed E-state index contributed by atoms with van der Waals surface area (Å²) < 4.78 is 11.3. The molecule has 0 unspecified atom stereocenters. The van der Waals surface area contributed by atoms with Gasteiger partial charge in [-0.2, -0.15) is 0 Å². The first-order valence-corrected chi connectivity index (χ1v) is 7.00. The van der Waals surface area contributed by atoms with E-state index in [1.807, 2.05) is 26.0 Å². The molecule has 0 saturated heterocycles. The van der Waals surface area contributed by atoms with Crippen molar-refractivity contribution < 1.29 is 4.57 Å². The fraction of sp³-hybridized carbons (Fsp3) is 0.250. The highest BCUT2D eigenvalue weighted by Crippen LogP contribution is 2.55. The van der Waals surface area contributed by atoms with E-state index in [1.165, 1.54) is 0 Å². The molecule has 0 aliphatic carbocycles. The molecule has 0 N–H and O–H groups in total. The summed E-state index contributed by atoms with van der Waals surface area (Å²) >= 11 is 11.1. The van der Waals surface area contributed by atoms with Crippen LogP contribution >= 0.6 is 28.3 Å². The van der Waals surface area contributed by atoms with Gasteiger partial charge in [-0.15, -0.1) is 0 Å². The van der Waals surface area contributed by atoms with Crippen LogP contribution in [0.4, 0.5) is 0 Å². The molecule has 1 nitrogen and oxygen atoms in total. The second kappa shape index (κ2) is 3.41. The van der Waals surface area contributed by atoms with E-state index in [9.17, 15) is 4.57 Å². The molecule has 0 heterocycles. The van der Waals surface area contributed by atoms with E-state index in [-0.39, 0.29) is 0 Å². The molecule has 0 amide bonds. The molecular weight excluding hydrogens is 214 g/mol. The molecule has 12 heavy (non-hydrogen) atoms. The fourth-order valence-corrected chi connectivity index (χ4v) is 2.96. The Morgan fingerprint density at radius 2 is 1.83 bits per heavy atom. The molecule has 0 bridgehead atoms. The van der Waals surface area contributed by atoms with Crippen LogP contribution in [-0.4, -0.2) is 0 Å². The van der Waals surface area contributed by atoms with Crippen LogP contribution in [0.5, 0.6) is 0 Å². The molecule has 0 radical (unpaired) electrons. The monoisotopic (exact) mass is 222 g/mol. The molecule has 1 aromatic carbocycles. The average Bonchev–Trinajstić information content (AvgIpc) is 1.83. The Balaban J connectivity index is 3.28. The predicted molar refractivity (Wildman–Crippen MR) is 54.9 cm³/mol. The first kappa shape index (κ1) is 10.1. The Bertz CT molecular complexity index is 343. The third kappa shape index (κ3) is 2.26. The molecule has 0 spiro atoms. The second-order valence-corrected chi connectivity index (χ2v) is 7.53. The van der Waals surface area contributed by atoms with Crippen LogP contribution in [0.25, 0.3) is 0 Å². The van der Waals surface area contributed by atoms with Crippen LogP contribution in [-0.2, 0) is 4.57 Å². The second-order valence-electron chi connectivity index (χ2n) is 2.75. The Kier molecular flexibility index (Phi) is 2.88. The summed E-state index contributed by atoms with van der Waals surface area (Å²) in [5, 5.41) is 0.538.